The Morgan fingerprint density at radius 3 is 2.55 bits per heavy atom. The van der Waals surface area contributed by atoms with Crippen molar-refractivity contribution in [3.63, 3.8) is 0 Å². The zero-order valence-electron chi connectivity index (χ0n) is 17.8. The van der Waals surface area contributed by atoms with Gasteiger partial charge in [-0.25, -0.2) is 4.79 Å². The van der Waals surface area contributed by atoms with E-state index in [2.05, 4.69) is 28.4 Å². The predicted molar refractivity (Wildman–Crippen MR) is 124 cm³/mol. The van der Waals surface area contributed by atoms with Crippen molar-refractivity contribution in [2.75, 3.05) is 18.5 Å². The summed E-state index contributed by atoms with van der Waals surface area (Å²) in [5.74, 6) is -0.538. The summed E-state index contributed by atoms with van der Waals surface area (Å²) >= 11 is 1.35. The molecule has 0 spiro atoms. The molecule has 1 N–H and O–H groups in total. The van der Waals surface area contributed by atoms with Crippen LogP contribution in [-0.4, -0.2) is 36.0 Å². The van der Waals surface area contributed by atoms with Crippen molar-refractivity contribution in [3.8, 4) is 11.1 Å². The third-order valence-electron chi connectivity index (χ3n) is 5.68. The van der Waals surface area contributed by atoms with Crippen LogP contribution >= 0.6 is 11.3 Å². The molecular formula is C25H26N2O3S. The van der Waals surface area contributed by atoms with E-state index < -0.39 is 5.97 Å². The monoisotopic (exact) mass is 434 g/mol. The second-order valence-electron chi connectivity index (χ2n) is 7.59. The van der Waals surface area contributed by atoms with Crippen LogP contribution in [0.2, 0.25) is 0 Å². The first-order chi connectivity index (χ1) is 15.1. The Balaban J connectivity index is 1.55. The van der Waals surface area contributed by atoms with Gasteiger partial charge < -0.3 is 10.1 Å². The molecule has 31 heavy (non-hydrogen) atoms. The third kappa shape index (κ3) is 4.55. The van der Waals surface area contributed by atoms with Crippen LogP contribution in [0.1, 0.15) is 35.3 Å². The van der Waals surface area contributed by atoms with Crippen molar-refractivity contribution in [1.82, 2.24) is 4.90 Å². The fourth-order valence-electron chi connectivity index (χ4n) is 3.92. The van der Waals surface area contributed by atoms with Gasteiger partial charge in [-0.3, -0.25) is 9.69 Å². The lowest BCUT2D eigenvalue weighted by molar-refractivity contribution is -0.121. The van der Waals surface area contributed by atoms with Crippen LogP contribution in [0.3, 0.4) is 0 Å². The first-order valence-corrected chi connectivity index (χ1v) is 11.4. The molecule has 1 aliphatic heterocycles. The van der Waals surface area contributed by atoms with Gasteiger partial charge in [0.25, 0.3) is 0 Å². The number of ether oxygens (including phenoxy) is 1. The number of nitrogens with zero attached hydrogens (tertiary/aromatic N) is 1. The van der Waals surface area contributed by atoms with E-state index in [0.29, 0.717) is 10.6 Å². The van der Waals surface area contributed by atoms with Gasteiger partial charge in [0.1, 0.15) is 10.6 Å². The average Bonchev–Trinajstić information content (AvgIpc) is 3.22. The molecule has 160 valence electrons. The van der Waals surface area contributed by atoms with E-state index in [1.54, 1.807) is 6.92 Å². The van der Waals surface area contributed by atoms with E-state index in [1.807, 2.05) is 48.7 Å². The number of nitrogens with one attached hydrogen (secondary N) is 1. The van der Waals surface area contributed by atoms with Crippen LogP contribution in [0.4, 0.5) is 5.00 Å². The second-order valence-corrected chi connectivity index (χ2v) is 8.47. The molecule has 0 bridgehead atoms. The first kappa shape index (κ1) is 21.3. The molecule has 1 aromatic heterocycles. The molecular weight excluding hydrogens is 408 g/mol. The first-order valence-electron chi connectivity index (χ1n) is 10.5. The van der Waals surface area contributed by atoms with Gasteiger partial charge in [-0.1, -0.05) is 54.6 Å². The van der Waals surface area contributed by atoms with Crippen LogP contribution in [0.25, 0.3) is 11.1 Å². The quantitative estimate of drug-likeness (QED) is 0.556. The van der Waals surface area contributed by atoms with E-state index >= 15 is 0 Å². The van der Waals surface area contributed by atoms with Gasteiger partial charge in [-0.2, -0.15) is 0 Å². The molecule has 6 heteroatoms. The Labute approximate surface area is 186 Å². The molecule has 2 aromatic carbocycles. The minimum Gasteiger partial charge on any atom is -0.462 e. The van der Waals surface area contributed by atoms with Crippen molar-refractivity contribution in [2.45, 2.75) is 32.9 Å². The molecule has 0 unspecified atom stereocenters. The fourth-order valence-corrected chi connectivity index (χ4v) is 4.88. The lowest BCUT2D eigenvalue weighted by atomic mass is 9.98. The number of rotatable bonds is 6. The van der Waals surface area contributed by atoms with E-state index in [9.17, 15) is 9.59 Å². The summed E-state index contributed by atoms with van der Waals surface area (Å²) in [6, 6.07) is 17.7. The summed E-state index contributed by atoms with van der Waals surface area (Å²) in [6.45, 7) is 5.55. The fraction of sp³-hybridized carbons (Fsp3) is 0.280. The maximum absolute atomic E-state index is 13.1. The number of carbonyl (C=O) groups excluding carboxylic acids is 2. The standard InChI is InChI=1S/C25H26N2O3S/c1-3-30-25(29)22-21(19-10-5-4-6-11-19)16-31-24(22)26-23(28)17(2)27-14-13-18-9-7-8-12-20(18)15-27/h4-12,16-17H,3,13-15H2,1-2H3,(H,26,28)/t17-/m1/s1. The van der Waals surface area contributed by atoms with Gasteiger partial charge in [0.05, 0.1) is 12.6 Å². The highest BCUT2D eigenvalue weighted by Gasteiger charge is 2.28. The van der Waals surface area contributed by atoms with Crippen LogP contribution in [0.15, 0.2) is 60.0 Å². The van der Waals surface area contributed by atoms with Crippen molar-refractivity contribution in [2.24, 2.45) is 0 Å². The van der Waals surface area contributed by atoms with Crippen molar-refractivity contribution in [3.05, 3.63) is 76.7 Å². The molecule has 0 saturated heterocycles. The van der Waals surface area contributed by atoms with Gasteiger partial charge in [-0.15, -0.1) is 11.3 Å². The summed E-state index contributed by atoms with van der Waals surface area (Å²) in [4.78, 5) is 28.0. The maximum Gasteiger partial charge on any atom is 0.341 e. The van der Waals surface area contributed by atoms with Crippen LogP contribution in [-0.2, 0) is 22.5 Å². The number of anilines is 1. The number of benzene rings is 2. The molecule has 2 heterocycles. The molecule has 5 nitrogen and oxygen atoms in total. The van der Waals surface area contributed by atoms with E-state index in [0.717, 1.165) is 30.6 Å². The summed E-state index contributed by atoms with van der Waals surface area (Å²) in [5.41, 5.74) is 4.73. The van der Waals surface area contributed by atoms with Gasteiger partial charge in [0.15, 0.2) is 0 Å². The summed E-state index contributed by atoms with van der Waals surface area (Å²) in [7, 11) is 0. The molecule has 1 atom stereocenters. The van der Waals surface area contributed by atoms with E-state index in [4.69, 9.17) is 4.74 Å². The van der Waals surface area contributed by atoms with Gasteiger partial charge in [0.2, 0.25) is 5.91 Å². The number of thiophene rings is 1. The highest BCUT2D eigenvalue weighted by Crippen LogP contribution is 2.36. The number of esters is 1. The largest absolute Gasteiger partial charge is 0.462 e. The topological polar surface area (TPSA) is 58.6 Å². The smallest absolute Gasteiger partial charge is 0.341 e. The molecule has 4 rings (SSSR count). The number of amides is 1. The maximum atomic E-state index is 13.1. The van der Waals surface area contributed by atoms with E-state index in [1.165, 1.54) is 22.5 Å². The van der Waals surface area contributed by atoms with Crippen molar-refractivity contribution >= 4 is 28.2 Å². The minimum atomic E-state index is -0.419. The Bertz CT molecular complexity index is 1080. The van der Waals surface area contributed by atoms with Crippen molar-refractivity contribution in [1.29, 1.82) is 0 Å². The average molecular weight is 435 g/mol. The zero-order chi connectivity index (χ0) is 21.8. The van der Waals surface area contributed by atoms with Crippen LogP contribution < -0.4 is 5.32 Å². The molecule has 0 fully saturated rings. The molecule has 1 amide bonds. The van der Waals surface area contributed by atoms with Crippen molar-refractivity contribution < 1.29 is 14.3 Å². The summed E-state index contributed by atoms with van der Waals surface area (Å²) in [5, 5.41) is 5.43. The Morgan fingerprint density at radius 1 is 1.10 bits per heavy atom. The Kier molecular flexibility index (Phi) is 6.49. The summed E-state index contributed by atoms with van der Waals surface area (Å²) < 4.78 is 5.29. The van der Waals surface area contributed by atoms with Gasteiger partial charge >= 0.3 is 5.97 Å². The zero-order valence-corrected chi connectivity index (χ0v) is 18.6. The predicted octanol–water partition coefficient (Wildman–Crippen LogP) is 4.98. The molecule has 0 saturated carbocycles. The Morgan fingerprint density at radius 2 is 1.81 bits per heavy atom. The SMILES string of the molecule is CCOC(=O)c1c(-c2ccccc2)csc1NC(=O)[C@@H](C)N1CCc2ccccc2C1. The molecule has 1 aliphatic rings. The number of hydrogen-bond acceptors (Lipinski definition) is 5. The van der Waals surface area contributed by atoms with Crippen LogP contribution in [0, 0.1) is 0 Å². The number of carbonyl (C=O) groups is 2. The molecule has 0 radical (unpaired) electrons. The van der Waals surface area contributed by atoms with Gasteiger partial charge in [-0.05, 0) is 37.0 Å². The van der Waals surface area contributed by atoms with E-state index in [-0.39, 0.29) is 18.6 Å². The molecule has 0 aliphatic carbocycles. The Hall–Kier alpha value is -2.96. The second kappa shape index (κ2) is 9.45. The summed E-state index contributed by atoms with van der Waals surface area (Å²) in [6.07, 6.45) is 0.930. The number of fused-ring (bicyclic) bond motifs is 1. The molecule has 3 aromatic rings. The third-order valence-corrected chi connectivity index (χ3v) is 6.57. The lowest BCUT2D eigenvalue weighted by Gasteiger charge is -2.32. The lowest BCUT2D eigenvalue weighted by Crippen LogP contribution is -2.44. The normalized spacial score (nSPS) is 14.5. The highest BCUT2D eigenvalue weighted by molar-refractivity contribution is 7.15. The highest BCUT2D eigenvalue weighted by atomic mass is 32.1. The number of hydrogen-bond donors (Lipinski definition) is 1. The minimum absolute atomic E-state index is 0.119. The van der Waals surface area contributed by atoms with Crippen LogP contribution in [0.5, 0.6) is 0 Å². The van der Waals surface area contributed by atoms with Gasteiger partial charge in [0, 0.05) is 24.0 Å².